The molecule has 1 saturated carbocycles. The van der Waals surface area contributed by atoms with E-state index in [2.05, 4.69) is 5.16 Å². The van der Waals surface area contributed by atoms with E-state index in [-0.39, 0.29) is 59.8 Å². The van der Waals surface area contributed by atoms with Crippen LogP contribution in [0.5, 0.6) is 0 Å². The molecule has 0 radical (unpaired) electrons. The summed E-state index contributed by atoms with van der Waals surface area (Å²) in [6.45, 7) is 4.81. The third-order valence-corrected chi connectivity index (χ3v) is 9.98. The molecule has 3 fully saturated rings. The third kappa shape index (κ3) is 4.27. The number of nitrogens with zero attached hydrogens (tertiary/aromatic N) is 4. The fourth-order valence-corrected chi connectivity index (χ4v) is 7.85. The highest BCUT2D eigenvalue weighted by atomic mass is 32.2. The summed E-state index contributed by atoms with van der Waals surface area (Å²) in [5.41, 5.74) is 0.344. The van der Waals surface area contributed by atoms with Gasteiger partial charge in [-0.05, 0) is 33.1 Å². The lowest BCUT2D eigenvalue weighted by Gasteiger charge is -2.36. The molecule has 0 spiro atoms. The molecule has 30 heavy (non-hydrogen) atoms. The molecule has 168 valence electrons. The topological polar surface area (TPSA) is 121 Å². The highest BCUT2D eigenvalue weighted by Gasteiger charge is 2.42. The Hall–Kier alpha value is -1.50. The van der Waals surface area contributed by atoms with E-state index in [0.29, 0.717) is 25.2 Å². The van der Waals surface area contributed by atoms with Gasteiger partial charge in [0.25, 0.3) is 0 Å². The molecule has 1 amide bonds. The van der Waals surface area contributed by atoms with Crippen LogP contribution < -0.4 is 0 Å². The number of piperazine rings is 1. The van der Waals surface area contributed by atoms with E-state index in [9.17, 15) is 21.6 Å². The first kappa shape index (κ1) is 21.7. The zero-order chi connectivity index (χ0) is 21.7. The number of amides is 1. The van der Waals surface area contributed by atoms with E-state index in [4.69, 9.17) is 4.52 Å². The van der Waals surface area contributed by atoms with Crippen LogP contribution in [0.15, 0.2) is 9.42 Å². The van der Waals surface area contributed by atoms with Gasteiger partial charge in [0, 0.05) is 38.3 Å². The van der Waals surface area contributed by atoms with E-state index in [1.807, 2.05) is 4.90 Å². The minimum Gasteiger partial charge on any atom is -0.360 e. The predicted molar refractivity (Wildman–Crippen MR) is 108 cm³/mol. The van der Waals surface area contributed by atoms with Crippen molar-refractivity contribution in [2.24, 2.45) is 0 Å². The SMILES string of the molecule is Cc1noc(C)c1S(=O)(=O)N1CCN(CC(=O)N(C2CC2)[C@H]2CCS(=O)(=O)C2)CC1. The first-order chi connectivity index (χ1) is 14.1. The lowest BCUT2D eigenvalue weighted by atomic mass is 10.2. The van der Waals surface area contributed by atoms with Crippen LogP contribution in [0.4, 0.5) is 0 Å². The average Bonchev–Trinajstić information content (AvgIpc) is 3.34. The molecule has 3 heterocycles. The molecular formula is C18H28N4O6S2. The Balaban J connectivity index is 1.37. The van der Waals surface area contributed by atoms with Crippen LogP contribution in [0.2, 0.25) is 0 Å². The van der Waals surface area contributed by atoms with Crippen LogP contribution in [0, 0.1) is 13.8 Å². The van der Waals surface area contributed by atoms with Gasteiger partial charge in [-0.3, -0.25) is 9.69 Å². The quantitative estimate of drug-likeness (QED) is 0.571. The van der Waals surface area contributed by atoms with Gasteiger partial charge in [-0.15, -0.1) is 0 Å². The van der Waals surface area contributed by atoms with E-state index in [0.717, 1.165) is 12.8 Å². The molecule has 0 N–H and O–H groups in total. The Morgan fingerprint density at radius 3 is 2.30 bits per heavy atom. The lowest BCUT2D eigenvalue weighted by molar-refractivity contribution is -0.135. The van der Waals surface area contributed by atoms with Crippen LogP contribution in [0.25, 0.3) is 0 Å². The van der Waals surface area contributed by atoms with Crippen molar-refractivity contribution < 1.29 is 26.2 Å². The average molecular weight is 461 g/mol. The molecule has 10 nitrogen and oxygen atoms in total. The standard InChI is InChI=1S/C18H28N4O6S2/c1-13-18(14(2)28-19-13)30(26,27)21-8-6-20(7-9-21)11-17(23)22(15-3-4-15)16-5-10-29(24,25)12-16/h15-16H,3-12H2,1-2H3/t16-/m0/s1. The van der Waals surface area contributed by atoms with Crippen LogP contribution in [0.3, 0.4) is 0 Å². The zero-order valence-corrected chi connectivity index (χ0v) is 18.9. The summed E-state index contributed by atoms with van der Waals surface area (Å²) in [6, 6.07) is -0.0757. The smallest absolute Gasteiger partial charge is 0.248 e. The van der Waals surface area contributed by atoms with Crippen molar-refractivity contribution in [2.75, 3.05) is 44.2 Å². The molecule has 1 aromatic rings. The van der Waals surface area contributed by atoms with Gasteiger partial charge in [0.15, 0.2) is 15.6 Å². The molecule has 2 saturated heterocycles. The minimum absolute atomic E-state index is 0.0540. The first-order valence-electron chi connectivity index (χ1n) is 10.3. The van der Waals surface area contributed by atoms with Crippen molar-refractivity contribution in [2.45, 2.75) is 50.1 Å². The van der Waals surface area contributed by atoms with Crippen molar-refractivity contribution >= 4 is 25.8 Å². The molecule has 1 aliphatic carbocycles. The molecule has 2 aliphatic heterocycles. The summed E-state index contributed by atoms with van der Waals surface area (Å²) in [7, 11) is -6.75. The first-order valence-corrected chi connectivity index (χ1v) is 13.5. The van der Waals surface area contributed by atoms with E-state index >= 15 is 0 Å². The molecule has 0 unspecified atom stereocenters. The van der Waals surface area contributed by atoms with Gasteiger partial charge in [-0.1, -0.05) is 5.16 Å². The number of sulfonamides is 1. The van der Waals surface area contributed by atoms with Crippen molar-refractivity contribution in [3.63, 3.8) is 0 Å². The molecule has 0 bridgehead atoms. The van der Waals surface area contributed by atoms with Crippen LogP contribution in [0.1, 0.15) is 30.7 Å². The Morgan fingerprint density at radius 2 is 1.80 bits per heavy atom. The second-order valence-electron chi connectivity index (χ2n) is 8.42. The van der Waals surface area contributed by atoms with Gasteiger partial charge < -0.3 is 9.42 Å². The Morgan fingerprint density at radius 1 is 1.13 bits per heavy atom. The van der Waals surface area contributed by atoms with Gasteiger partial charge >= 0.3 is 0 Å². The van der Waals surface area contributed by atoms with Gasteiger partial charge in [0.05, 0.1) is 18.1 Å². The molecule has 0 aromatic carbocycles. The Bertz CT molecular complexity index is 1000. The van der Waals surface area contributed by atoms with Crippen LogP contribution >= 0.6 is 0 Å². The zero-order valence-electron chi connectivity index (χ0n) is 17.3. The number of aryl methyl sites for hydroxylation is 2. The number of rotatable bonds is 6. The summed E-state index contributed by atoms with van der Waals surface area (Å²) < 4.78 is 56.0. The highest BCUT2D eigenvalue weighted by molar-refractivity contribution is 7.91. The summed E-state index contributed by atoms with van der Waals surface area (Å²) in [5.74, 6) is 0.420. The van der Waals surface area contributed by atoms with E-state index in [1.54, 1.807) is 18.7 Å². The highest BCUT2D eigenvalue weighted by Crippen LogP contribution is 2.32. The van der Waals surface area contributed by atoms with Gasteiger partial charge in [-0.2, -0.15) is 4.31 Å². The molecule has 1 atom stereocenters. The molecule has 4 rings (SSSR count). The molecule has 3 aliphatic rings. The van der Waals surface area contributed by atoms with Crippen LogP contribution in [-0.2, 0) is 24.7 Å². The second-order valence-corrected chi connectivity index (χ2v) is 12.5. The monoisotopic (exact) mass is 460 g/mol. The van der Waals surface area contributed by atoms with E-state index in [1.165, 1.54) is 4.31 Å². The van der Waals surface area contributed by atoms with Crippen molar-refractivity contribution in [3.8, 4) is 0 Å². The number of carbonyl (C=O) groups is 1. The van der Waals surface area contributed by atoms with E-state index < -0.39 is 19.9 Å². The maximum Gasteiger partial charge on any atom is 0.248 e. The maximum absolute atomic E-state index is 13.0. The minimum atomic E-state index is -3.69. The van der Waals surface area contributed by atoms with Gasteiger partial charge in [0.2, 0.25) is 15.9 Å². The number of carbonyl (C=O) groups excluding carboxylic acids is 1. The van der Waals surface area contributed by atoms with Gasteiger partial charge in [-0.25, -0.2) is 16.8 Å². The fraction of sp³-hybridized carbons (Fsp3) is 0.778. The fourth-order valence-electron chi connectivity index (χ4n) is 4.43. The molecular weight excluding hydrogens is 432 g/mol. The van der Waals surface area contributed by atoms with Crippen molar-refractivity contribution in [1.82, 2.24) is 19.3 Å². The number of hydrogen-bond donors (Lipinski definition) is 0. The predicted octanol–water partition coefficient (Wildman–Crippen LogP) is -0.224. The number of sulfone groups is 1. The van der Waals surface area contributed by atoms with Gasteiger partial charge in [0.1, 0.15) is 10.6 Å². The Labute approximate surface area is 177 Å². The number of hydrogen-bond acceptors (Lipinski definition) is 8. The summed E-state index contributed by atoms with van der Waals surface area (Å²) in [5, 5.41) is 3.74. The Kier molecular flexibility index (Phi) is 5.71. The lowest BCUT2D eigenvalue weighted by Crippen LogP contribution is -2.53. The number of aromatic nitrogens is 1. The largest absolute Gasteiger partial charge is 0.360 e. The maximum atomic E-state index is 13.0. The van der Waals surface area contributed by atoms with Crippen molar-refractivity contribution in [1.29, 1.82) is 0 Å². The molecule has 1 aromatic heterocycles. The van der Waals surface area contributed by atoms with Crippen LogP contribution in [-0.4, -0.2) is 98.3 Å². The summed E-state index contributed by atoms with van der Waals surface area (Å²) in [4.78, 5) is 16.8. The second kappa shape index (κ2) is 7.88. The normalized spacial score (nSPS) is 25.5. The van der Waals surface area contributed by atoms with Crippen molar-refractivity contribution in [3.05, 3.63) is 11.5 Å². The third-order valence-electron chi connectivity index (χ3n) is 6.09. The summed E-state index contributed by atoms with van der Waals surface area (Å²) >= 11 is 0. The summed E-state index contributed by atoms with van der Waals surface area (Å²) in [6.07, 6.45) is 2.35. The molecule has 12 heteroatoms.